The molecule has 0 nitrogen and oxygen atoms in total. The average molecular weight is 444 g/mol. The normalized spacial score (nSPS) is 20.0. The Kier molecular flexibility index (Phi) is 4.85. The summed E-state index contributed by atoms with van der Waals surface area (Å²) in [5, 5.41) is 3.16. The van der Waals surface area contributed by atoms with Crippen LogP contribution in [0.3, 0.4) is 0 Å². The van der Waals surface area contributed by atoms with Crippen molar-refractivity contribution in [2.24, 2.45) is 0 Å². The summed E-state index contributed by atoms with van der Waals surface area (Å²) in [4.78, 5) is 0. The maximum atomic E-state index is 2.50. The Balaban J connectivity index is 1.48. The van der Waals surface area contributed by atoms with E-state index in [0.29, 0.717) is 7.25 Å². The molecule has 130 valence electrons. The molecule has 0 fully saturated rings. The predicted molar refractivity (Wildman–Crippen MR) is 115 cm³/mol. The van der Waals surface area contributed by atoms with Crippen molar-refractivity contribution in [2.75, 3.05) is 0 Å². The van der Waals surface area contributed by atoms with Gasteiger partial charge in [0.1, 0.15) is 0 Å². The number of benzene rings is 3. The number of aryl methyl sites for hydroxylation is 1. The van der Waals surface area contributed by atoms with Crippen LogP contribution < -0.4 is 5.30 Å². The summed E-state index contributed by atoms with van der Waals surface area (Å²) in [5.74, 6) is 0. The van der Waals surface area contributed by atoms with E-state index in [-0.39, 0.29) is 0 Å². The van der Waals surface area contributed by atoms with E-state index in [1.807, 2.05) is 0 Å². The Labute approximate surface area is 174 Å². The molecule has 3 atom stereocenters. The van der Waals surface area contributed by atoms with E-state index in [2.05, 4.69) is 97.9 Å². The first-order valence-corrected chi connectivity index (χ1v) is 13.3. The van der Waals surface area contributed by atoms with Crippen molar-refractivity contribution in [3.63, 3.8) is 0 Å². The molecule has 2 aliphatic carbocycles. The third kappa shape index (κ3) is 3.37. The molecule has 0 aromatic heterocycles. The van der Waals surface area contributed by atoms with Crippen LogP contribution in [0.2, 0.25) is 0 Å². The Hall–Kier alpha value is -1.55. The molecule has 5 rings (SSSR count). The van der Waals surface area contributed by atoms with Crippen molar-refractivity contribution in [1.29, 1.82) is 0 Å². The maximum absolute atomic E-state index is 2.50. The van der Waals surface area contributed by atoms with Crippen LogP contribution in [0.25, 0.3) is 12.2 Å². The van der Waals surface area contributed by atoms with E-state index < -0.39 is 23.2 Å². The van der Waals surface area contributed by atoms with Gasteiger partial charge in [-0.3, -0.25) is 0 Å². The van der Waals surface area contributed by atoms with Gasteiger partial charge in [0.2, 0.25) is 0 Å². The molecule has 27 heavy (non-hydrogen) atoms. The van der Waals surface area contributed by atoms with Crippen molar-refractivity contribution >= 4 is 26.0 Å². The minimum atomic E-state index is -0.722. The second-order valence-electron chi connectivity index (χ2n) is 7.23. The van der Waals surface area contributed by atoms with Crippen LogP contribution in [0, 0.1) is 6.92 Å². The summed E-state index contributed by atoms with van der Waals surface area (Å²) in [7, 11) is 0.789. The third-order valence-corrected chi connectivity index (χ3v) is 12.2. The predicted octanol–water partition coefficient (Wildman–Crippen LogP) is 6.25. The number of fused-ring (bicyclic) bond motifs is 2. The summed E-state index contributed by atoms with van der Waals surface area (Å²) < 4.78 is 1.37. The topological polar surface area (TPSA) is 0 Å². The molecule has 2 aliphatic rings. The summed E-state index contributed by atoms with van der Waals surface area (Å²) >= 11 is -0.722. The monoisotopic (exact) mass is 442 g/mol. The van der Waals surface area contributed by atoms with Gasteiger partial charge in [-0.2, -0.15) is 0 Å². The molecule has 2 heteroatoms. The van der Waals surface area contributed by atoms with Gasteiger partial charge in [0.05, 0.1) is 0 Å². The first-order chi connectivity index (χ1) is 13.3. The zero-order chi connectivity index (χ0) is 18.2. The van der Waals surface area contributed by atoms with E-state index in [1.165, 1.54) is 22.0 Å². The van der Waals surface area contributed by atoms with Crippen LogP contribution in [-0.2, 0) is 23.2 Å². The zero-order valence-corrected chi connectivity index (χ0v) is 18.8. The number of rotatable bonds is 4. The van der Waals surface area contributed by atoms with Gasteiger partial charge in [0, 0.05) is 0 Å². The van der Waals surface area contributed by atoms with Crippen molar-refractivity contribution in [3.8, 4) is 0 Å². The summed E-state index contributed by atoms with van der Waals surface area (Å²) in [6.45, 7) is 2.25. The quantitative estimate of drug-likeness (QED) is 0.418. The summed E-state index contributed by atoms with van der Waals surface area (Å²) in [5.41, 5.74) is 7.45. The number of hydrogen-bond donors (Lipinski definition) is 0. The van der Waals surface area contributed by atoms with Crippen molar-refractivity contribution in [1.82, 2.24) is 0 Å². The molecule has 3 unspecified atom stereocenters. The van der Waals surface area contributed by atoms with Crippen molar-refractivity contribution in [2.45, 2.75) is 14.2 Å². The van der Waals surface area contributed by atoms with E-state index in [9.17, 15) is 0 Å². The average Bonchev–Trinajstić information content (AvgIpc) is 3.26. The van der Waals surface area contributed by atoms with E-state index in [1.54, 1.807) is 16.4 Å². The van der Waals surface area contributed by atoms with Gasteiger partial charge in [-0.05, 0) is 0 Å². The molecule has 0 radical (unpaired) electrons. The molecule has 0 spiro atoms. The molecule has 0 N–H and O–H groups in total. The fourth-order valence-electron chi connectivity index (χ4n) is 4.05. The summed E-state index contributed by atoms with van der Waals surface area (Å²) in [6, 6.07) is 26.9. The molecular weight excluding hydrogens is 422 g/mol. The molecule has 0 saturated heterocycles. The first kappa shape index (κ1) is 17.5. The Bertz CT molecular complexity index is 1060. The molecule has 0 saturated carbocycles. The number of allylic oxidation sites excluding steroid dienone is 2. The van der Waals surface area contributed by atoms with Crippen LogP contribution in [0.5, 0.6) is 0 Å². The SMILES string of the molecule is Cc1ccccc1PC1=Cc2ccccc2[CH]1[Zr][CH]1C=Cc2ccccc21. The van der Waals surface area contributed by atoms with Gasteiger partial charge in [0.25, 0.3) is 0 Å². The van der Waals surface area contributed by atoms with Crippen molar-refractivity contribution in [3.05, 3.63) is 112 Å². The molecular formula is C25H21PZr. The van der Waals surface area contributed by atoms with Crippen LogP contribution in [-0.4, -0.2) is 0 Å². The number of hydrogen-bond acceptors (Lipinski definition) is 0. The van der Waals surface area contributed by atoms with Gasteiger partial charge in [0.15, 0.2) is 0 Å². The fraction of sp³-hybridized carbons (Fsp3) is 0.120. The van der Waals surface area contributed by atoms with Gasteiger partial charge in [-0.15, -0.1) is 0 Å². The summed E-state index contributed by atoms with van der Waals surface area (Å²) in [6.07, 6.45) is 7.32. The van der Waals surface area contributed by atoms with Gasteiger partial charge in [-0.1, -0.05) is 0 Å². The van der Waals surface area contributed by atoms with Crippen LogP contribution >= 0.6 is 8.58 Å². The first-order valence-electron chi connectivity index (χ1n) is 9.46. The van der Waals surface area contributed by atoms with E-state index in [4.69, 9.17) is 0 Å². The molecule has 0 aliphatic heterocycles. The Morgan fingerprint density at radius 2 is 1.48 bits per heavy atom. The standard InChI is InChI=1S/C16H14P.C9H7.Zr/c1-12-6-2-5-9-16(12)17-15-10-13-7-3-4-8-14(13)11-15;1-2-5-9-7-3-6-8(9)4-1;/h2-11,17H,1H3;1-7H;. The molecule has 0 heterocycles. The Morgan fingerprint density at radius 1 is 0.778 bits per heavy atom. The van der Waals surface area contributed by atoms with Gasteiger partial charge < -0.3 is 0 Å². The third-order valence-electron chi connectivity index (χ3n) is 5.50. The van der Waals surface area contributed by atoms with Crippen LogP contribution in [0.15, 0.2) is 84.2 Å². The molecule has 0 amide bonds. The van der Waals surface area contributed by atoms with E-state index in [0.717, 1.165) is 8.58 Å². The second-order valence-corrected chi connectivity index (χ2v) is 12.4. The second kappa shape index (κ2) is 7.46. The molecule has 3 aromatic carbocycles. The fourth-order valence-corrected chi connectivity index (χ4v) is 10.6. The minimum absolute atomic E-state index is 0.684. The molecule has 0 bridgehead atoms. The van der Waals surface area contributed by atoms with Gasteiger partial charge >= 0.3 is 175 Å². The zero-order valence-electron chi connectivity index (χ0n) is 15.3. The van der Waals surface area contributed by atoms with Crippen LogP contribution in [0.4, 0.5) is 0 Å². The molecule has 3 aromatic rings. The van der Waals surface area contributed by atoms with Crippen LogP contribution in [0.1, 0.15) is 35.1 Å². The van der Waals surface area contributed by atoms with Gasteiger partial charge in [-0.25, -0.2) is 0 Å². The Morgan fingerprint density at radius 3 is 2.33 bits per heavy atom. The van der Waals surface area contributed by atoms with E-state index >= 15 is 0 Å². The van der Waals surface area contributed by atoms with Crippen molar-refractivity contribution < 1.29 is 23.2 Å².